The minimum Gasteiger partial charge on any atom is -0.492 e. The number of rotatable bonds is 9. The van der Waals surface area contributed by atoms with E-state index in [1.54, 1.807) is 18.2 Å². The third-order valence-electron chi connectivity index (χ3n) is 3.99. The van der Waals surface area contributed by atoms with Crippen LogP contribution >= 0.6 is 23.2 Å². The minimum atomic E-state index is -0.761. The van der Waals surface area contributed by atoms with Crippen LogP contribution in [-0.4, -0.2) is 30.3 Å². The van der Waals surface area contributed by atoms with Gasteiger partial charge in [0.15, 0.2) is 0 Å². The standard InChI is InChI=1S/C16H23Cl2NO3/c1-4-16(5-2,15(20)21)10-19-11(3)9-22-12-6-7-13(17)14(18)8-12/h6-8,11,19H,4-5,9-10H2,1-3H3,(H,20,21). The third kappa shape index (κ3) is 5.04. The fourth-order valence-corrected chi connectivity index (χ4v) is 2.38. The highest BCUT2D eigenvalue weighted by atomic mass is 35.5. The second kappa shape index (κ2) is 8.61. The molecular formula is C16H23Cl2NO3. The maximum Gasteiger partial charge on any atom is 0.310 e. The van der Waals surface area contributed by atoms with Crippen molar-refractivity contribution >= 4 is 29.2 Å². The zero-order chi connectivity index (χ0) is 16.8. The highest BCUT2D eigenvalue weighted by molar-refractivity contribution is 6.42. The number of carbonyl (C=O) groups is 1. The Hall–Kier alpha value is -0.970. The number of nitrogens with one attached hydrogen (secondary N) is 1. The lowest BCUT2D eigenvalue weighted by Gasteiger charge is -2.28. The van der Waals surface area contributed by atoms with Crippen molar-refractivity contribution in [2.75, 3.05) is 13.2 Å². The summed E-state index contributed by atoms with van der Waals surface area (Å²) >= 11 is 11.8. The summed E-state index contributed by atoms with van der Waals surface area (Å²) in [5, 5.41) is 13.6. The van der Waals surface area contributed by atoms with Gasteiger partial charge < -0.3 is 15.2 Å². The highest BCUT2D eigenvalue weighted by Gasteiger charge is 2.34. The molecule has 0 saturated heterocycles. The molecule has 0 aromatic heterocycles. The van der Waals surface area contributed by atoms with Crippen LogP contribution in [0, 0.1) is 5.41 Å². The number of carboxylic acids is 1. The molecule has 22 heavy (non-hydrogen) atoms. The largest absolute Gasteiger partial charge is 0.492 e. The average Bonchev–Trinajstić information content (AvgIpc) is 2.49. The van der Waals surface area contributed by atoms with E-state index in [4.69, 9.17) is 27.9 Å². The number of ether oxygens (including phenoxy) is 1. The fraction of sp³-hybridized carbons (Fsp3) is 0.562. The summed E-state index contributed by atoms with van der Waals surface area (Å²) in [5.41, 5.74) is -0.724. The van der Waals surface area contributed by atoms with Gasteiger partial charge in [0, 0.05) is 18.7 Å². The van der Waals surface area contributed by atoms with Crippen LogP contribution in [0.25, 0.3) is 0 Å². The summed E-state index contributed by atoms with van der Waals surface area (Å²) in [6.07, 6.45) is 1.18. The van der Waals surface area contributed by atoms with Gasteiger partial charge in [-0.1, -0.05) is 37.0 Å². The van der Waals surface area contributed by atoms with Crippen LogP contribution in [-0.2, 0) is 4.79 Å². The van der Waals surface area contributed by atoms with E-state index in [1.165, 1.54) is 0 Å². The predicted molar refractivity (Wildman–Crippen MR) is 90.1 cm³/mol. The Labute approximate surface area is 141 Å². The lowest BCUT2D eigenvalue weighted by Crippen LogP contribution is -2.44. The summed E-state index contributed by atoms with van der Waals surface area (Å²) < 4.78 is 5.64. The summed E-state index contributed by atoms with van der Waals surface area (Å²) in [5.74, 6) is -0.124. The van der Waals surface area contributed by atoms with Gasteiger partial charge in [0.05, 0.1) is 15.5 Å². The molecule has 1 rings (SSSR count). The molecule has 2 N–H and O–H groups in total. The van der Waals surface area contributed by atoms with Crippen molar-refractivity contribution in [3.8, 4) is 5.75 Å². The molecule has 1 aromatic rings. The van der Waals surface area contributed by atoms with E-state index in [2.05, 4.69) is 5.32 Å². The molecule has 1 aromatic carbocycles. The Morgan fingerprint density at radius 2 is 1.95 bits per heavy atom. The van der Waals surface area contributed by atoms with E-state index in [0.717, 1.165) is 0 Å². The summed E-state index contributed by atoms with van der Waals surface area (Å²) in [6, 6.07) is 5.11. The van der Waals surface area contributed by atoms with Crippen molar-refractivity contribution in [3.05, 3.63) is 28.2 Å². The molecular weight excluding hydrogens is 325 g/mol. The number of halogens is 2. The molecule has 0 spiro atoms. The van der Waals surface area contributed by atoms with Crippen molar-refractivity contribution in [1.82, 2.24) is 5.32 Å². The molecule has 0 aliphatic rings. The summed E-state index contributed by atoms with van der Waals surface area (Å²) in [4.78, 5) is 11.4. The monoisotopic (exact) mass is 347 g/mol. The maximum atomic E-state index is 11.4. The highest BCUT2D eigenvalue weighted by Crippen LogP contribution is 2.27. The Kier molecular flexibility index (Phi) is 7.46. The Morgan fingerprint density at radius 3 is 2.45 bits per heavy atom. The van der Waals surface area contributed by atoms with E-state index in [9.17, 15) is 9.90 Å². The molecule has 0 radical (unpaired) electrons. The van der Waals surface area contributed by atoms with Gasteiger partial charge in [0.2, 0.25) is 0 Å². The quantitative estimate of drug-likeness (QED) is 0.701. The van der Waals surface area contributed by atoms with Gasteiger partial charge in [-0.25, -0.2) is 0 Å². The van der Waals surface area contributed by atoms with Crippen LogP contribution in [0.2, 0.25) is 10.0 Å². The molecule has 0 aliphatic heterocycles. The predicted octanol–water partition coefficient (Wildman–Crippen LogP) is 4.24. The maximum absolute atomic E-state index is 11.4. The van der Waals surface area contributed by atoms with E-state index >= 15 is 0 Å². The van der Waals surface area contributed by atoms with Crippen molar-refractivity contribution in [1.29, 1.82) is 0 Å². The van der Waals surface area contributed by atoms with Crippen molar-refractivity contribution in [3.63, 3.8) is 0 Å². The van der Waals surface area contributed by atoms with Gasteiger partial charge in [-0.2, -0.15) is 0 Å². The first-order valence-electron chi connectivity index (χ1n) is 7.39. The first kappa shape index (κ1) is 19.1. The van der Waals surface area contributed by atoms with Crippen LogP contribution in [0.4, 0.5) is 0 Å². The molecule has 1 unspecified atom stereocenters. The molecule has 6 heteroatoms. The Bertz CT molecular complexity index is 504. The van der Waals surface area contributed by atoms with E-state index in [-0.39, 0.29) is 6.04 Å². The summed E-state index contributed by atoms with van der Waals surface area (Å²) in [7, 11) is 0. The molecule has 0 amide bonds. The van der Waals surface area contributed by atoms with Gasteiger partial charge >= 0.3 is 5.97 Å². The van der Waals surface area contributed by atoms with E-state index in [0.29, 0.717) is 41.8 Å². The lowest BCUT2D eigenvalue weighted by molar-refractivity contribution is -0.149. The number of hydrogen-bond donors (Lipinski definition) is 2. The van der Waals surface area contributed by atoms with Crippen LogP contribution in [0.5, 0.6) is 5.75 Å². The topological polar surface area (TPSA) is 58.6 Å². The van der Waals surface area contributed by atoms with Crippen molar-refractivity contribution in [2.24, 2.45) is 5.41 Å². The third-order valence-corrected chi connectivity index (χ3v) is 4.73. The molecule has 0 heterocycles. The lowest BCUT2D eigenvalue weighted by atomic mass is 9.82. The van der Waals surface area contributed by atoms with Crippen LogP contribution in [0.3, 0.4) is 0 Å². The normalized spacial score (nSPS) is 13.0. The van der Waals surface area contributed by atoms with Gasteiger partial charge in [0.25, 0.3) is 0 Å². The number of aliphatic carboxylic acids is 1. The zero-order valence-electron chi connectivity index (χ0n) is 13.2. The Balaban J connectivity index is 2.50. The summed E-state index contributed by atoms with van der Waals surface area (Å²) in [6.45, 7) is 6.59. The smallest absolute Gasteiger partial charge is 0.310 e. The second-order valence-corrected chi connectivity index (χ2v) is 6.28. The molecule has 124 valence electrons. The molecule has 4 nitrogen and oxygen atoms in total. The van der Waals surface area contributed by atoms with Crippen LogP contribution in [0.1, 0.15) is 33.6 Å². The van der Waals surface area contributed by atoms with Gasteiger partial charge in [-0.15, -0.1) is 0 Å². The van der Waals surface area contributed by atoms with Crippen molar-refractivity contribution < 1.29 is 14.6 Å². The fourth-order valence-electron chi connectivity index (χ4n) is 2.09. The van der Waals surface area contributed by atoms with Crippen molar-refractivity contribution in [2.45, 2.75) is 39.7 Å². The zero-order valence-corrected chi connectivity index (χ0v) is 14.7. The van der Waals surface area contributed by atoms with Gasteiger partial charge in [-0.3, -0.25) is 4.79 Å². The molecule has 1 atom stereocenters. The average molecular weight is 348 g/mol. The van der Waals surface area contributed by atoms with Crippen LogP contribution < -0.4 is 10.1 Å². The van der Waals surface area contributed by atoms with E-state index in [1.807, 2.05) is 20.8 Å². The first-order chi connectivity index (χ1) is 10.3. The number of hydrogen-bond acceptors (Lipinski definition) is 3. The number of carboxylic acid groups (broad SMARTS) is 1. The minimum absolute atomic E-state index is 0.0197. The molecule has 0 fully saturated rings. The number of benzene rings is 1. The Morgan fingerprint density at radius 1 is 1.32 bits per heavy atom. The van der Waals surface area contributed by atoms with Crippen LogP contribution in [0.15, 0.2) is 18.2 Å². The van der Waals surface area contributed by atoms with Gasteiger partial charge in [-0.05, 0) is 31.9 Å². The first-order valence-corrected chi connectivity index (χ1v) is 8.15. The molecule has 0 bridgehead atoms. The van der Waals surface area contributed by atoms with Gasteiger partial charge in [0.1, 0.15) is 12.4 Å². The second-order valence-electron chi connectivity index (χ2n) is 5.46. The molecule has 0 saturated carbocycles. The molecule has 0 aliphatic carbocycles. The SMILES string of the molecule is CCC(CC)(CNC(C)COc1ccc(Cl)c(Cl)c1)C(=O)O. The van der Waals surface area contributed by atoms with E-state index < -0.39 is 11.4 Å².